The molecule has 0 N–H and O–H groups in total. The van der Waals surface area contributed by atoms with Gasteiger partial charge in [-0.15, -0.1) is 5.98 Å². The molecule has 102 valence electrons. The second kappa shape index (κ2) is 6.23. The molecule has 0 spiro atoms. The summed E-state index contributed by atoms with van der Waals surface area (Å²) in [5.74, 6) is -1.47. The first-order valence-corrected chi connectivity index (χ1v) is 5.62. The normalized spacial score (nSPS) is 16.9. The minimum absolute atomic E-state index is 0. The number of rotatable bonds is 2. The Balaban J connectivity index is 0.00000200. The Morgan fingerprint density at radius 2 is 1.85 bits per heavy atom. The fourth-order valence-corrected chi connectivity index (χ4v) is 1.76. The van der Waals surface area contributed by atoms with Gasteiger partial charge < -0.3 is 22.4 Å². The molecular formula is C12H11BF3KO3. The molecule has 0 saturated carbocycles. The van der Waals surface area contributed by atoms with Crippen molar-refractivity contribution in [1.82, 2.24) is 0 Å². The molecule has 0 saturated heterocycles. The van der Waals surface area contributed by atoms with E-state index >= 15 is 0 Å². The molecule has 0 aromatic heterocycles. The summed E-state index contributed by atoms with van der Waals surface area (Å²) in [5, 5.41) is 0. The maximum atomic E-state index is 12.2. The van der Waals surface area contributed by atoms with Crippen molar-refractivity contribution in [3.8, 4) is 5.75 Å². The Morgan fingerprint density at radius 1 is 1.20 bits per heavy atom. The molecule has 1 aliphatic rings. The van der Waals surface area contributed by atoms with Crippen LogP contribution in [-0.4, -0.2) is 18.7 Å². The molecule has 0 atom stereocenters. The molecule has 3 nitrogen and oxygen atoms in total. The van der Waals surface area contributed by atoms with E-state index in [-0.39, 0.29) is 74.2 Å². The Labute approximate surface area is 157 Å². The summed E-state index contributed by atoms with van der Waals surface area (Å²) in [6, 6.07) is 4.45. The average molecular weight is 310 g/mol. The van der Waals surface area contributed by atoms with Crippen molar-refractivity contribution < 1.29 is 78.6 Å². The minimum Gasteiger partial charge on any atom is -0.452 e. The molecule has 0 amide bonds. The summed E-state index contributed by atoms with van der Waals surface area (Å²) in [7, 11) is 0. The number of carbonyl (C=O) groups is 1. The van der Waals surface area contributed by atoms with Crippen LogP contribution in [0.5, 0.6) is 5.75 Å². The van der Waals surface area contributed by atoms with Crippen molar-refractivity contribution in [2.75, 3.05) is 0 Å². The molecule has 0 bridgehead atoms. The van der Waals surface area contributed by atoms with Crippen LogP contribution in [0, 0.1) is 0 Å². The molecule has 1 heterocycles. The first kappa shape index (κ1) is 17.8. The first-order valence-electron chi connectivity index (χ1n) is 5.62. The van der Waals surface area contributed by atoms with Gasteiger partial charge in [0.25, 0.3) is 0 Å². The molecule has 1 aliphatic heterocycles. The number of benzene rings is 1. The van der Waals surface area contributed by atoms with Crippen LogP contribution < -0.4 is 56.1 Å². The number of carbonyl (C=O) groups excluding carboxylic acids is 1. The predicted octanol–water partition coefficient (Wildman–Crippen LogP) is 0.376. The van der Waals surface area contributed by atoms with E-state index in [2.05, 4.69) is 0 Å². The van der Waals surface area contributed by atoms with E-state index in [1.807, 2.05) is 0 Å². The molecule has 1 aromatic rings. The monoisotopic (exact) mass is 310 g/mol. The molecular weight excluding hydrogens is 299 g/mol. The summed E-state index contributed by atoms with van der Waals surface area (Å²) in [4.78, 5) is 11.8. The van der Waals surface area contributed by atoms with Gasteiger partial charge in [-0.05, 0) is 11.6 Å². The fourth-order valence-electron chi connectivity index (χ4n) is 1.76. The molecule has 20 heavy (non-hydrogen) atoms. The largest absolute Gasteiger partial charge is 1.00 e. The van der Waals surface area contributed by atoms with Gasteiger partial charge in [-0.1, -0.05) is 18.2 Å². The van der Waals surface area contributed by atoms with Crippen LogP contribution in [0.3, 0.4) is 0 Å². The van der Waals surface area contributed by atoms with Crippen molar-refractivity contribution in [3.05, 3.63) is 35.3 Å². The van der Waals surface area contributed by atoms with Crippen LogP contribution in [0.25, 0.3) is 6.08 Å². The van der Waals surface area contributed by atoms with E-state index in [4.69, 9.17) is 9.47 Å². The SMILES string of the molecule is CC1(C)OC(=O)c2c(/C=C/[B-](F)(F)F)cccc2O1.[K+]. The van der Waals surface area contributed by atoms with Gasteiger partial charge >= 0.3 is 64.3 Å². The van der Waals surface area contributed by atoms with E-state index < -0.39 is 18.7 Å². The van der Waals surface area contributed by atoms with Gasteiger partial charge in [-0.2, -0.15) is 0 Å². The topological polar surface area (TPSA) is 35.5 Å². The van der Waals surface area contributed by atoms with Gasteiger partial charge in [-0.25, -0.2) is 4.79 Å². The number of fused-ring (bicyclic) bond motifs is 1. The van der Waals surface area contributed by atoms with Crippen LogP contribution in [0.2, 0.25) is 0 Å². The number of hydrogen-bond acceptors (Lipinski definition) is 3. The first-order chi connectivity index (χ1) is 8.68. The number of cyclic esters (lactones) is 1. The number of halogens is 3. The molecule has 0 unspecified atom stereocenters. The summed E-state index contributed by atoms with van der Waals surface area (Å²) < 4.78 is 47.1. The van der Waals surface area contributed by atoms with Crippen LogP contribution in [0.4, 0.5) is 12.9 Å². The smallest absolute Gasteiger partial charge is 0.452 e. The summed E-state index contributed by atoms with van der Waals surface area (Å²) in [6.07, 6.45) is 0.849. The van der Waals surface area contributed by atoms with Gasteiger partial charge in [0.05, 0.1) is 0 Å². The van der Waals surface area contributed by atoms with Crippen molar-refractivity contribution in [2.45, 2.75) is 19.6 Å². The van der Waals surface area contributed by atoms with E-state index in [9.17, 15) is 17.7 Å². The van der Waals surface area contributed by atoms with E-state index in [1.165, 1.54) is 18.2 Å². The summed E-state index contributed by atoms with van der Waals surface area (Å²) in [6.45, 7) is -1.96. The second-order valence-electron chi connectivity index (χ2n) is 4.60. The van der Waals surface area contributed by atoms with Gasteiger partial charge in [0, 0.05) is 13.8 Å². The van der Waals surface area contributed by atoms with Crippen LogP contribution in [-0.2, 0) is 4.74 Å². The molecule has 8 heteroatoms. The molecule has 1 aromatic carbocycles. The van der Waals surface area contributed by atoms with Gasteiger partial charge in [-0.3, -0.25) is 0 Å². The quantitative estimate of drug-likeness (QED) is 0.585. The third-order valence-corrected chi connectivity index (χ3v) is 2.45. The van der Waals surface area contributed by atoms with Crippen LogP contribution >= 0.6 is 0 Å². The zero-order chi connectivity index (χ0) is 14.3. The third-order valence-electron chi connectivity index (χ3n) is 2.45. The minimum atomic E-state index is -5.06. The van der Waals surface area contributed by atoms with Crippen molar-refractivity contribution in [3.63, 3.8) is 0 Å². The maximum Gasteiger partial charge on any atom is 1.00 e. The maximum absolute atomic E-state index is 12.2. The number of esters is 1. The molecule has 0 fully saturated rings. The Morgan fingerprint density at radius 3 is 2.45 bits per heavy atom. The Bertz CT molecular complexity index is 555. The van der Waals surface area contributed by atoms with Gasteiger partial charge in [0.1, 0.15) is 11.3 Å². The molecule has 0 radical (unpaired) electrons. The fraction of sp³-hybridized carbons (Fsp3) is 0.250. The zero-order valence-corrected chi connectivity index (χ0v) is 14.4. The summed E-state index contributed by atoms with van der Waals surface area (Å²) in [5.41, 5.74) is 0.135. The van der Waals surface area contributed by atoms with Crippen LogP contribution in [0.1, 0.15) is 29.8 Å². The van der Waals surface area contributed by atoms with Crippen LogP contribution in [0.15, 0.2) is 24.2 Å². The third kappa shape index (κ3) is 4.36. The Hall–Kier alpha value is -0.279. The zero-order valence-electron chi connectivity index (χ0n) is 11.3. The number of hydrogen-bond donors (Lipinski definition) is 0. The Kier molecular flexibility index (Phi) is 5.54. The van der Waals surface area contributed by atoms with Crippen molar-refractivity contribution >= 4 is 19.0 Å². The standard InChI is InChI=1S/C12H11BF3O3.K/c1-12(2)18-9-5-3-4-8(6-7-13(14,15)16)10(9)11(17)19-12;/h3-7H,1-2H3;/q-1;+1/b7-6+;. The van der Waals surface area contributed by atoms with Gasteiger partial charge in [0.15, 0.2) is 0 Å². The van der Waals surface area contributed by atoms with Crippen molar-refractivity contribution in [2.24, 2.45) is 0 Å². The van der Waals surface area contributed by atoms with Crippen molar-refractivity contribution in [1.29, 1.82) is 0 Å². The molecule has 0 aliphatic carbocycles. The number of ether oxygens (including phenoxy) is 2. The van der Waals surface area contributed by atoms with E-state index in [1.54, 1.807) is 13.8 Å². The molecule has 2 rings (SSSR count). The predicted molar refractivity (Wildman–Crippen MR) is 64.7 cm³/mol. The second-order valence-corrected chi connectivity index (χ2v) is 4.60. The van der Waals surface area contributed by atoms with E-state index in [0.717, 1.165) is 6.08 Å². The summed E-state index contributed by atoms with van der Waals surface area (Å²) >= 11 is 0. The average Bonchev–Trinajstić information content (AvgIpc) is 2.22. The van der Waals surface area contributed by atoms with Gasteiger partial charge in [0.2, 0.25) is 5.79 Å². The van der Waals surface area contributed by atoms with E-state index in [0.29, 0.717) is 0 Å².